The van der Waals surface area contributed by atoms with Crippen LogP contribution in [-0.2, 0) is 9.47 Å². The quantitative estimate of drug-likeness (QED) is 0.759. The van der Waals surface area contributed by atoms with Crippen molar-refractivity contribution < 1.29 is 18.7 Å². The van der Waals surface area contributed by atoms with Crippen LogP contribution in [0.2, 0.25) is 0 Å². The van der Waals surface area contributed by atoms with Gasteiger partial charge in [0.25, 0.3) is 5.91 Å². The van der Waals surface area contributed by atoms with Crippen LogP contribution in [-0.4, -0.2) is 78.3 Å². The Bertz CT molecular complexity index is 598. The summed E-state index contributed by atoms with van der Waals surface area (Å²) in [4.78, 5) is 20.2. The number of hydrogen-bond donors (Lipinski definition) is 0. The highest BCUT2D eigenvalue weighted by atomic mass is 19.1. The zero-order valence-corrected chi connectivity index (χ0v) is 14.2. The Morgan fingerprint density at radius 3 is 2.92 bits per heavy atom. The molecular formula is C17H24FN3O3. The van der Waals surface area contributed by atoms with Crippen molar-refractivity contribution in [1.82, 2.24) is 14.8 Å². The lowest BCUT2D eigenvalue weighted by Gasteiger charge is -2.44. The number of carbonyl (C=O) groups is 1. The van der Waals surface area contributed by atoms with Crippen LogP contribution in [0.4, 0.5) is 4.39 Å². The first kappa shape index (κ1) is 17.3. The molecule has 7 heteroatoms. The summed E-state index contributed by atoms with van der Waals surface area (Å²) in [6.45, 7) is 8.37. The molecule has 24 heavy (non-hydrogen) atoms. The smallest absolute Gasteiger partial charge is 0.254 e. The van der Waals surface area contributed by atoms with Crippen LogP contribution in [0.15, 0.2) is 18.3 Å². The summed E-state index contributed by atoms with van der Waals surface area (Å²) in [7, 11) is 0. The van der Waals surface area contributed by atoms with E-state index >= 15 is 0 Å². The Hall–Kier alpha value is -1.57. The minimum absolute atomic E-state index is 0.195. The Morgan fingerprint density at radius 1 is 1.33 bits per heavy atom. The number of nitrogens with zero attached hydrogens (tertiary/aromatic N) is 3. The maximum atomic E-state index is 13.3. The van der Waals surface area contributed by atoms with Crippen molar-refractivity contribution >= 4 is 5.91 Å². The molecule has 2 fully saturated rings. The second kappa shape index (κ2) is 7.13. The van der Waals surface area contributed by atoms with Crippen molar-refractivity contribution in [2.75, 3.05) is 46.0 Å². The van der Waals surface area contributed by atoms with Gasteiger partial charge in [-0.1, -0.05) is 0 Å². The summed E-state index contributed by atoms with van der Waals surface area (Å²) in [6.07, 6.45) is 1.31. The van der Waals surface area contributed by atoms with Gasteiger partial charge in [-0.3, -0.25) is 9.69 Å². The summed E-state index contributed by atoms with van der Waals surface area (Å²) in [6, 6.07) is 3.10. The number of amides is 1. The van der Waals surface area contributed by atoms with Crippen molar-refractivity contribution in [2.24, 2.45) is 0 Å². The van der Waals surface area contributed by atoms with Gasteiger partial charge in [0.15, 0.2) is 0 Å². The summed E-state index contributed by atoms with van der Waals surface area (Å²) in [5.41, 5.74) is -0.213. The fraction of sp³-hybridized carbons (Fsp3) is 0.647. The Balaban J connectivity index is 1.76. The van der Waals surface area contributed by atoms with Gasteiger partial charge in [-0.25, -0.2) is 4.98 Å². The van der Waals surface area contributed by atoms with Gasteiger partial charge in [-0.2, -0.15) is 4.39 Å². The van der Waals surface area contributed by atoms with Crippen molar-refractivity contribution in [3.8, 4) is 0 Å². The zero-order chi connectivity index (χ0) is 17.2. The summed E-state index contributed by atoms with van der Waals surface area (Å²) in [5, 5.41) is 0. The molecular weight excluding hydrogens is 313 g/mol. The molecule has 0 aliphatic carbocycles. The van der Waals surface area contributed by atoms with Gasteiger partial charge in [-0.05, 0) is 19.9 Å². The zero-order valence-electron chi connectivity index (χ0n) is 14.2. The molecule has 0 aromatic carbocycles. The van der Waals surface area contributed by atoms with Crippen LogP contribution in [0.3, 0.4) is 0 Å². The molecule has 1 amide bonds. The first-order chi connectivity index (χ1) is 11.5. The van der Waals surface area contributed by atoms with E-state index in [4.69, 9.17) is 9.47 Å². The molecule has 2 aliphatic rings. The highest BCUT2D eigenvalue weighted by Crippen LogP contribution is 2.24. The Morgan fingerprint density at radius 2 is 2.17 bits per heavy atom. The second-order valence-electron chi connectivity index (χ2n) is 6.74. The number of carbonyl (C=O) groups excluding carboxylic acids is 1. The van der Waals surface area contributed by atoms with E-state index in [1.165, 1.54) is 18.3 Å². The van der Waals surface area contributed by atoms with Crippen molar-refractivity contribution in [2.45, 2.75) is 25.5 Å². The number of pyridine rings is 1. The second-order valence-corrected chi connectivity index (χ2v) is 6.74. The summed E-state index contributed by atoms with van der Waals surface area (Å²) >= 11 is 0. The average molecular weight is 337 g/mol. The Labute approximate surface area is 141 Å². The number of hydrogen-bond acceptors (Lipinski definition) is 5. The number of morpholine rings is 1. The van der Waals surface area contributed by atoms with Crippen LogP contribution in [0.5, 0.6) is 0 Å². The van der Waals surface area contributed by atoms with Crippen LogP contribution in [0.25, 0.3) is 0 Å². The lowest BCUT2D eigenvalue weighted by molar-refractivity contribution is -0.134. The molecule has 132 valence electrons. The fourth-order valence-corrected chi connectivity index (χ4v) is 3.29. The number of halogens is 1. The molecule has 0 radical (unpaired) electrons. The standard InChI is InChI=1S/C17H24FN3O3/c1-13(2)20-5-7-23-12-17(10-20)11-21(6-8-24-17)16(22)14-3-4-19-15(18)9-14/h3-4,9,13H,5-8,10-12H2,1-2H3/t17-/m0/s1. The molecule has 2 saturated heterocycles. The van der Waals surface area contributed by atoms with E-state index in [9.17, 15) is 9.18 Å². The fourth-order valence-electron chi connectivity index (χ4n) is 3.29. The van der Waals surface area contributed by atoms with E-state index in [0.29, 0.717) is 44.5 Å². The van der Waals surface area contributed by atoms with E-state index in [0.717, 1.165) is 13.1 Å². The maximum Gasteiger partial charge on any atom is 0.254 e. The lowest BCUT2D eigenvalue weighted by Crippen LogP contribution is -2.60. The lowest BCUT2D eigenvalue weighted by atomic mass is 10.0. The molecule has 2 aliphatic heterocycles. The first-order valence-electron chi connectivity index (χ1n) is 8.36. The molecule has 3 heterocycles. The summed E-state index contributed by atoms with van der Waals surface area (Å²) in [5.74, 6) is -0.841. The molecule has 3 rings (SSSR count). The molecule has 6 nitrogen and oxygen atoms in total. The van der Waals surface area contributed by atoms with Crippen LogP contribution in [0.1, 0.15) is 24.2 Å². The van der Waals surface area contributed by atoms with Gasteiger partial charge < -0.3 is 14.4 Å². The summed E-state index contributed by atoms with van der Waals surface area (Å²) < 4.78 is 25.1. The highest BCUT2D eigenvalue weighted by Gasteiger charge is 2.42. The van der Waals surface area contributed by atoms with Crippen LogP contribution in [0, 0.1) is 5.95 Å². The molecule has 1 atom stereocenters. The van der Waals surface area contributed by atoms with Gasteiger partial charge in [0, 0.05) is 43.5 Å². The topological polar surface area (TPSA) is 54.9 Å². The van der Waals surface area contributed by atoms with E-state index < -0.39 is 11.5 Å². The average Bonchev–Trinajstić information content (AvgIpc) is 2.77. The molecule has 1 aromatic rings. The van der Waals surface area contributed by atoms with Crippen molar-refractivity contribution in [3.05, 3.63) is 29.8 Å². The van der Waals surface area contributed by atoms with Gasteiger partial charge in [-0.15, -0.1) is 0 Å². The SMILES string of the molecule is CC(C)N1CCOC[C@@]2(CN(C(=O)c3ccnc(F)c3)CCO2)C1. The maximum absolute atomic E-state index is 13.3. The van der Waals surface area contributed by atoms with Gasteiger partial charge in [0.2, 0.25) is 5.95 Å². The minimum atomic E-state index is -0.646. The third kappa shape index (κ3) is 3.74. The molecule has 1 spiro atoms. The molecule has 0 N–H and O–H groups in total. The number of aromatic nitrogens is 1. The van der Waals surface area contributed by atoms with Crippen molar-refractivity contribution in [3.63, 3.8) is 0 Å². The van der Waals surface area contributed by atoms with E-state index in [-0.39, 0.29) is 5.91 Å². The van der Waals surface area contributed by atoms with Gasteiger partial charge >= 0.3 is 0 Å². The molecule has 0 saturated carbocycles. The molecule has 0 unspecified atom stereocenters. The van der Waals surface area contributed by atoms with E-state index in [1.807, 2.05) is 0 Å². The minimum Gasteiger partial charge on any atom is -0.377 e. The van der Waals surface area contributed by atoms with E-state index in [1.54, 1.807) is 4.90 Å². The predicted octanol–water partition coefficient (Wildman–Crippen LogP) is 1.17. The largest absolute Gasteiger partial charge is 0.377 e. The number of ether oxygens (including phenoxy) is 2. The number of rotatable bonds is 2. The highest BCUT2D eigenvalue weighted by molar-refractivity contribution is 5.94. The van der Waals surface area contributed by atoms with Gasteiger partial charge in [0.1, 0.15) is 5.60 Å². The third-order valence-electron chi connectivity index (χ3n) is 4.62. The predicted molar refractivity (Wildman–Crippen MR) is 86.3 cm³/mol. The van der Waals surface area contributed by atoms with Crippen molar-refractivity contribution in [1.29, 1.82) is 0 Å². The normalized spacial score (nSPS) is 25.9. The van der Waals surface area contributed by atoms with E-state index in [2.05, 4.69) is 23.7 Å². The monoisotopic (exact) mass is 337 g/mol. The van der Waals surface area contributed by atoms with Gasteiger partial charge in [0.05, 0.1) is 26.4 Å². The molecule has 0 bridgehead atoms. The first-order valence-corrected chi connectivity index (χ1v) is 8.36. The Kier molecular flexibility index (Phi) is 5.12. The van der Waals surface area contributed by atoms with Crippen LogP contribution >= 0.6 is 0 Å². The molecule has 1 aromatic heterocycles. The third-order valence-corrected chi connectivity index (χ3v) is 4.62. The van der Waals surface area contributed by atoms with Crippen LogP contribution < -0.4 is 0 Å².